The molecular weight excluding hydrogens is 266 g/mol. The fourth-order valence-electron chi connectivity index (χ4n) is 3.06. The maximum atomic E-state index is 10.8. The molecule has 106 valence electrons. The van der Waals surface area contributed by atoms with Crippen molar-refractivity contribution < 1.29 is 5.11 Å². The van der Waals surface area contributed by atoms with E-state index in [1.165, 1.54) is 10.4 Å². The van der Waals surface area contributed by atoms with Crippen LogP contribution >= 0.6 is 11.3 Å². The van der Waals surface area contributed by atoms with Crippen LogP contribution in [0.4, 0.5) is 0 Å². The van der Waals surface area contributed by atoms with Crippen LogP contribution in [0.25, 0.3) is 0 Å². The SMILES string of the molecule is CC1c2ccsc2CCN1CC(C)(O)c1ccccc1. The van der Waals surface area contributed by atoms with E-state index in [1.54, 1.807) is 0 Å². The van der Waals surface area contributed by atoms with E-state index in [2.05, 4.69) is 23.3 Å². The molecule has 1 N–H and O–H groups in total. The van der Waals surface area contributed by atoms with Crippen LogP contribution in [0.2, 0.25) is 0 Å². The van der Waals surface area contributed by atoms with Crippen LogP contribution in [-0.4, -0.2) is 23.1 Å². The Morgan fingerprint density at radius 3 is 2.80 bits per heavy atom. The van der Waals surface area contributed by atoms with E-state index in [0.29, 0.717) is 12.6 Å². The van der Waals surface area contributed by atoms with Gasteiger partial charge in [-0.25, -0.2) is 0 Å². The van der Waals surface area contributed by atoms with E-state index in [0.717, 1.165) is 18.5 Å². The smallest absolute Gasteiger partial charge is 0.0995 e. The van der Waals surface area contributed by atoms with E-state index in [-0.39, 0.29) is 0 Å². The summed E-state index contributed by atoms with van der Waals surface area (Å²) >= 11 is 1.86. The molecule has 0 bridgehead atoms. The third kappa shape index (κ3) is 2.53. The summed E-state index contributed by atoms with van der Waals surface area (Å²) in [7, 11) is 0. The average molecular weight is 287 g/mol. The number of β-amino-alcohol motifs (C(OH)–C–C–N with tert-alkyl or cyclic N) is 1. The molecule has 0 spiro atoms. The van der Waals surface area contributed by atoms with Gasteiger partial charge >= 0.3 is 0 Å². The van der Waals surface area contributed by atoms with E-state index >= 15 is 0 Å². The molecule has 2 atom stereocenters. The second-order valence-corrected chi connectivity index (χ2v) is 6.84. The Morgan fingerprint density at radius 1 is 1.30 bits per heavy atom. The Morgan fingerprint density at radius 2 is 2.05 bits per heavy atom. The summed E-state index contributed by atoms with van der Waals surface area (Å²) in [5, 5.41) is 13.0. The summed E-state index contributed by atoms with van der Waals surface area (Å²) in [5.74, 6) is 0. The number of nitrogens with zero attached hydrogens (tertiary/aromatic N) is 1. The third-order valence-electron chi connectivity index (χ3n) is 4.31. The zero-order chi connectivity index (χ0) is 14.2. The van der Waals surface area contributed by atoms with Gasteiger partial charge in [-0.1, -0.05) is 30.3 Å². The van der Waals surface area contributed by atoms with Crippen LogP contribution in [-0.2, 0) is 12.0 Å². The van der Waals surface area contributed by atoms with Gasteiger partial charge in [-0.3, -0.25) is 4.90 Å². The highest BCUT2D eigenvalue weighted by atomic mass is 32.1. The maximum absolute atomic E-state index is 10.8. The van der Waals surface area contributed by atoms with Crippen LogP contribution in [0, 0.1) is 0 Å². The van der Waals surface area contributed by atoms with Gasteiger partial charge in [0.1, 0.15) is 0 Å². The van der Waals surface area contributed by atoms with Crippen LogP contribution in [0.5, 0.6) is 0 Å². The molecule has 2 aromatic rings. The lowest BCUT2D eigenvalue weighted by Gasteiger charge is -2.38. The standard InChI is InChI=1S/C17H21NOS/c1-13-15-9-11-20-16(15)8-10-18(13)12-17(2,19)14-6-4-3-5-7-14/h3-7,9,11,13,19H,8,10,12H2,1-2H3. The van der Waals surface area contributed by atoms with Crippen molar-refractivity contribution in [2.75, 3.05) is 13.1 Å². The Bertz CT molecular complexity index is 576. The van der Waals surface area contributed by atoms with Crippen LogP contribution in [0.15, 0.2) is 41.8 Å². The molecule has 1 aromatic carbocycles. The Balaban J connectivity index is 1.79. The predicted octanol–water partition coefficient (Wildman–Crippen LogP) is 3.57. The molecule has 0 saturated heterocycles. The minimum atomic E-state index is -0.803. The molecule has 3 rings (SSSR count). The van der Waals surface area contributed by atoms with Gasteiger partial charge in [0.25, 0.3) is 0 Å². The Kier molecular flexibility index (Phi) is 3.67. The van der Waals surface area contributed by atoms with Crippen molar-refractivity contribution in [2.24, 2.45) is 0 Å². The molecule has 0 aliphatic carbocycles. The number of rotatable bonds is 3. The molecule has 1 aliphatic rings. The summed E-state index contributed by atoms with van der Waals surface area (Å²) in [6.07, 6.45) is 1.10. The van der Waals surface area contributed by atoms with Crippen molar-refractivity contribution in [3.8, 4) is 0 Å². The van der Waals surface area contributed by atoms with Gasteiger partial charge in [-0.15, -0.1) is 11.3 Å². The van der Waals surface area contributed by atoms with Crippen molar-refractivity contribution in [2.45, 2.75) is 31.9 Å². The molecule has 0 saturated carbocycles. The Hall–Kier alpha value is -1.16. The second-order valence-electron chi connectivity index (χ2n) is 5.84. The van der Waals surface area contributed by atoms with Crippen molar-refractivity contribution in [3.63, 3.8) is 0 Å². The minimum absolute atomic E-state index is 0.389. The molecule has 0 amide bonds. The number of hydrogen-bond donors (Lipinski definition) is 1. The quantitative estimate of drug-likeness (QED) is 0.933. The van der Waals surface area contributed by atoms with Crippen molar-refractivity contribution >= 4 is 11.3 Å². The van der Waals surface area contributed by atoms with Crippen molar-refractivity contribution in [1.82, 2.24) is 4.90 Å². The highest BCUT2D eigenvalue weighted by Crippen LogP contribution is 2.35. The number of aliphatic hydroxyl groups is 1. The van der Waals surface area contributed by atoms with Gasteiger partial charge in [0.15, 0.2) is 0 Å². The largest absolute Gasteiger partial charge is 0.384 e. The fraction of sp³-hybridized carbons (Fsp3) is 0.412. The number of benzene rings is 1. The zero-order valence-corrected chi connectivity index (χ0v) is 12.9. The molecule has 20 heavy (non-hydrogen) atoms. The van der Waals surface area contributed by atoms with Gasteiger partial charge in [-0.05, 0) is 42.8 Å². The predicted molar refractivity (Wildman–Crippen MR) is 84.0 cm³/mol. The maximum Gasteiger partial charge on any atom is 0.0995 e. The average Bonchev–Trinajstić information content (AvgIpc) is 2.92. The molecule has 1 aliphatic heterocycles. The number of thiophene rings is 1. The monoisotopic (exact) mass is 287 g/mol. The summed E-state index contributed by atoms with van der Waals surface area (Å²) in [6, 6.07) is 12.6. The molecule has 0 fully saturated rings. The zero-order valence-electron chi connectivity index (χ0n) is 12.0. The first-order valence-corrected chi connectivity index (χ1v) is 8.04. The van der Waals surface area contributed by atoms with Gasteiger partial charge in [0.2, 0.25) is 0 Å². The minimum Gasteiger partial charge on any atom is -0.384 e. The van der Waals surface area contributed by atoms with E-state index in [9.17, 15) is 5.11 Å². The lowest BCUT2D eigenvalue weighted by molar-refractivity contribution is 0.00182. The van der Waals surface area contributed by atoms with E-state index in [4.69, 9.17) is 0 Å². The Labute approximate surface area is 124 Å². The van der Waals surface area contributed by atoms with Gasteiger partial charge < -0.3 is 5.11 Å². The molecule has 2 nitrogen and oxygen atoms in total. The van der Waals surface area contributed by atoms with Gasteiger partial charge in [-0.2, -0.15) is 0 Å². The summed E-state index contributed by atoms with van der Waals surface area (Å²) in [4.78, 5) is 3.90. The first-order chi connectivity index (χ1) is 9.58. The first kappa shape index (κ1) is 13.8. The van der Waals surface area contributed by atoms with Gasteiger partial charge in [0.05, 0.1) is 5.60 Å². The van der Waals surface area contributed by atoms with Crippen LogP contribution in [0.1, 0.15) is 35.9 Å². The molecular formula is C17H21NOS. The lowest BCUT2D eigenvalue weighted by Crippen LogP contribution is -2.43. The summed E-state index contributed by atoms with van der Waals surface area (Å²) in [5.41, 5.74) is 1.62. The molecule has 1 aromatic heterocycles. The lowest BCUT2D eigenvalue weighted by atomic mass is 9.93. The molecule has 2 heterocycles. The molecule has 3 heteroatoms. The van der Waals surface area contributed by atoms with Gasteiger partial charge in [0, 0.05) is 24.0 Å². The molecule has 0 radical (unpaired) electrons. The normalized spacial score (nSPS) is 22.2. The van der Waals surface area contributed by atoms with E-state index in [1.807, 2.05) is 48.6 Å². The third-order valence-corrected chi connectivity index (χ3v) is 5.31. The first-order valence-electron chi connectivity index (χ1n) is 7.16. The van der Waals surface area contributed by atoms with Crippen molar-refractivity contribution in [3.05, 3.63) is 57.8 Å². The van der Waals surface area contributed by atoms with Crippen LogP contribution < -0.4 is 0 Å². The highest BCUT2D eigenvalue weighted by molar-refractivity contribution is 7.10. The summed E-state index contributed by atoms with van der Waals surface area (Å²) in [6.45, 7) is 5.86. The van der Waals surface area contributed by atoms with E-state index < -0.39 is 5.60 Å². The molecule has 2 unspecified atom stereocenters. The summed E-state index contributed by atoms with van der Waals surface area (Å²) < 4.78 is 0. The number of hydrogen-bond acceptors (Lipinski definition) is 3. The van der Waals surface area contributed by atoms with Crippen molar-refractivity contribution in [1.29, 1.82) is 0 Å². The highest BCUT2D eigenvalue weighted by Gasteiger charge is 2.31. The van der Waals surface area contributed by atoms with Crippen LogP contribution in [0.3, 0.4) is 0 Å². The second kappa shape index (κ2) is 5.32. The topological polar surface area (TPSA) is 23.5 Å². The fourth-order valence-corrected chi connectivity index (χ4v) is 4.02. The number of fused-ring (bicyclic) bond motifs is 1.